The Morgan fingerprint density at radius 3 is 2.72 bits per heavy atom. The second-order valence-electron chi connectivity index (χ2n) is 7.60. The number of hydrogen-bond acceptors (Lipinski definition) is 2. The molecular weight excluding hydrogens is 306 g/mol. The van der Waals surface area contributed by atoms with E-state index in [1.54, 1.807) is 0 Å². The number of aromatic nitrogens is 2. The summed E-state index contributed by atoms with van der Waals surface area (Å²) in [6, 6.07) is 12.3. The molecule has 5 rings (SSSR count). The molecule has 3 heteroatoms. The summed E-state index contributed by atoms with van der Waals surface area (Å²) >= 11 is 0. The summed E-state index contributed by atoms with van der Waals surface area (Å²) in [6.07, 6.45) is 9.50. The molecule has 0 fully saturated rings. The minimum Gasteiger partial charge on any atom is -0.326 e. The van der Waals surface area contributed by atoms with E-state index >= 15 is 0 Å². The lowest BCUT2D eigenvalue weighted by Crippen LogP contribution is -2.12. The van der Waals surface area contributed by atoms with Crippen molar-refractivity contribution >= 4 is 11.0 Å². The summed E-state index contributed by atoms with van der Waals surface area (Å²) in [5.74, 6) is 0. The fourth-order valence-electron chi connectivity index (χ4n) is 4.68. The monoisotopic (exact) mass is 331 g/mol. The molecule has 2 aliphatic carbocycles. The molecule has 25 heavy (non-hydrogen) atoms. The average Bonchev–Trinajstić information content (AvgIpc) is 3.23. The summed E-state index contributed by atoms with van der Waals surface area (Å²) in [7, 11) is 2.06. The van der Waals surface area contributed by atoms with Crippen LogP contribution < -0.4 is 5.32 Å². The molecule has 0 saturated carbocycles. The zero-order valence-corrected chi connectivity index (χ0v) is 14.9. The molecule has 1 N–H and O–H groups in total. The van der Waals surface area contributed by atoms with Crippen LogP contribution in [-0.2, 0) is 25.8 Å². The lowest BCUT2D eigenvalue weighted by Gasteiger charge is -2.16. The number of benzene rings is 2. The molecule has 0 radical (unpaired) electrons. The van der Waals surface area contributed by atoms with Crippen LogP contribution >= 0.6 is 0 Å². The van der Waals surface area contributed by atoms with Crippen LogP contribution in [0.1, 0.15) is 53.1 Å². The molecule has 3 aromatic rings. The first kappa shape index (κ1) is 15.2. The van der Waals surface area contributed by atoms with E-state index in [2.05, 4.69) is 52.2 Å². The van der Waals surface area contributed by atoms with Gasteiger partial charge in [-0.3, -0.25) is 0 Å². The molecule has 0 bridgehead atoms. The van der Waals surface area contributed by atoms with Crippen molar-refractivity contribution in [3.63, 3.8) is 0 Å². The maximum Gasteiger partial charge on any atom is 0.0961 e. The average molecular weight is 331 g/mol. The van der Waals surface area contributed by atoms with Crippen LogP contribution in [0.3, 0.4) is 0 Å². The molecule has 128 valence electrons. The fraction of sp³-hybridized carbons (Fsp3) is 0.409. The first-order chi connectivity index (χ1) is 12.3. The van der Waals surface area contributed by atoms with Gasteiger partial charge in [-0.2, -0.15) is 0 Å². The van der Waals surface area contributed by atoms with E-state index in [0.717, 1.165) is 12.1 Å². The van der Waals surface area contributed by atoms with Crippen molar-refractivity contribution < 1.29 is 0 Å². The van der Waals surface area contributed by atoms with Crippen LogP contribution in [0.25, 0.3) is 11.0 Å². The number of hydrogen-bond donors (Lipinski definition) is 1. The van der Waals surface area contributed by atoms with Crippen molar-refractivity contribution in [3.8, 4) is 0 Å². The van der Waals surface area contributed by atoms with Crippen molar-refractivity contribution in [1.29, 1.82) is 0 Å². The third-order valence-electron chi connectivity index (χ3n) is 6.07. The summed E-state index contributed by atoms with van der Waals surface area (Å²) in [5, 5.41) is 3.42. The molecule has 1 heterocycles. The minimum atomic E-state index is 0.532. The summed E-state index contributed by atoms with van der Waals surface area (Å²) in [6.45, 7) is 0.910. The topological polar surface area (TPSA) is 29.9 Å². The van der Waals surface area contributed by atoms with Gasteiger partial charge in [0.2, 0.25) is 0 Å². The van der Waals surface area contributed by atoms with Gasteiger partial charge in [-0.1, -0.05) is 18.2 Å². The minimum absolute atomic E-state index is 0.532. The quantitative estimate of drug-likeness (QED) is 0.780. The number of imidazole rings is 1. The van der Waals surface area contributed by atoms with Gasteiger partial charge in [0.25, 0.3) is 0 Å². The lowest BCUT2D eigenvalue weighted by molar-refractivity contribution is 0.590. The van der Waals surface area contributed by atoms with E-state index in [1.807, 2.05) is 6.33 Å². The number of rotatable bonds is 3. The highest BCUT2D eigenvalue weighted by Crippen LogP contribution is 2.32. The number of nitrogens with zero attached hydrogens (tertiary/aromatic N) is 2. The van der Waals surface area contributed by atoms with Gasteiger partial charge >= 0.3 is 0 Å². The van der Waals surface area contributed by atoms with Gasteiger partial charge in [-0.15, -0.1) is 0 Å². The first-order valence-electron chi connectivity index (χ1n) is 9.57. The molecule has 0 saturated heterocycles. The Kier molecular flexibility index (Phi) is 3.63. The summed E-state index contributed by atoms with van der Waals surface area (Å²) < 4.78 is 2.32. The van der Waals surface area contributed by atoms with Crippen molar-refractivity contribution in [2.24, 2.45) is 0 Å². The predicted octanol–water partition coefficient (Wildman–Crippen LogP) is 4.17. The SMILES string of the molecule is CN[C@H]1CCc2cc(Cn3cnc4cc5c(cc43)CCCC5)ccc21. The van der Waals surface area contributed by atoms with Crippen LogP contribution in [0.2, 0.25) is 0 Å². The van der Waals surface area contributed by atoms with Gasteiger partial charge in [-0.05, 0) is 85.5 Å². The van der Waals surface area contributed by atoms with Gasteiger partial charge in [0.15, 0.2) is 0 Å². The molecule has 2 aliphatic rings. The molecule has 2 aromatic carbocycles. The highest BCUT2D eigenvalue weighted by Gasteiger charge is 2.21. The zero-order chi connectivity index (χ0) is 16.8. The van der Waals surface area contributed by atoms with Gasteiger partial charge in [-0.25, -0.2) is 4.98 Å². The Labute approximate surface area is 149 Å². The number of aryl methyl sites for hydroxylation is 3. The highest BCUT2D eigenvalue weighted by atomic mass is 15.0. The fourth-order valence-corrected chi connectivity index (χ4v) is 4.68. The molecule has 1 aromatic heterocycles. The van der Waals surface area contributed by atoms with E-state index in [-0.39, 0.29) is 0 Å². The van der Waals surface area contributed by atoms with Gasteiger partial charge < -0.3 is 9.88 Å². The second kappa shape index (κ2) is 5.99. The number of nitrogens with one attached hydrogen (secondary N) is 1. The Morgan fingerprint density at radius 1 is 1.04 bits per heavy atom. The number of fused-ring (bicyclic) bond motifs is 3. The van der Waals surface area contributed by atoms with E-state index in [9.17, 15) is 0 Å². The lowest BCUT2D eigenvalue weighted by atomic mass is 9.91. The Morgan fingerprint density at radius 2 is 1.88 bits per heavy atom. The van der Waals surface area contributed by atoms with E-state index < -0.39 is 0 Å². The van der Waals surface area contributed by atoms with Crippen LogP contribution in [0.15, 0.2) is 36.7 Å². The van der Waals surface area contributed by atoms with E-state index in [0.29, 0.717) is 6.04 Å². The molecule has 0 aliphatic heterocycles. The van der Waals surface area contributed by atoms with Gasteiger partial charge in [0.05, 0.1) is 17.4 Å². The Bertz CT molecular complexity index is 938. The third kappa shape index (κ3) is 2.58. The van der Waals surface area contributed by atoms with Crippen LogP contribution in [0.4, 0.5) is 0 Å². The molecule has 0 spiro atoms. The highest BCUT2D eigenvalue weighted by molar-refractivity contribution is 5.77. The van der Waals surface area contributed by atoms with Crippen LogP contribution in [-0.4, -0.2) is 16.6 Å². The summed E-state index contributed by atoms with van der Waals surface area (Å²) in [4.78, 5) is 4.67. The van der Waals surface area contributed by atoms with Gasteiger partial charge in [0.1, 0.15) is 0 Å². The molecule has 3 nitrogen and oxygen atoms in total. The van der Waals surface area contributed by atoms with Crippen molar-refractivity contribution in [2.75, 3.05) is 7.05 Å². The summed E-state index contributed by atoms with van der Waals surface area (Å²) in [5.41, 5.74) is 9.86. The molecular formula is C22H25N3. The molecule has 0 amide bonds. The predicted molar refractivity (Wildman–Crippen MR) is 102 cm³/mol. The molecule has 0 unspecified atom stereocenters. The van der Waals surface area contributed by atoms with Crippen LogP contribution in [0.5, 0.6) is 0 Å². The Hall–Kier alpha value is -2.13. The van der Waals surface area contributed by atoms with Crippen molar-refractivity contribution in [1.82, 2.24) is 14.9 Å². The van der Waals surface area contributed by atoms with Crippen molar-refractivity contribution in [2.45, 2.75) is 51.1 Å². The van der Waals surface area contributed by atoms with E-state index in [1.165, 1.54) is 71.9 Å². The second-order valence-corrected chi connectivity index (χ2v) is 7.60. The normalized spacial score (nSPS) is 19.2. The van der Waals surface area contributed by atoms with Gasteiger partial charge in [0, 0.05) is 12.6 Å². The maximum absolute atomic E-state index is 4.67. The van der Waals surface area contributed by atoms with Crippen molar-refractivity contribution in [3.05, 3.63) is 64.5 Å². The zero-order valence-electron chi connectivity index (χ0n) is 14.9. The first-order valence-corrected chi connectivity index (χ1v) is 9.57. The van der Waals surface area contributed by atoms with Crippen LogP contribution in [0, 0.1) is 0 Å². The standard InChI is InChI=1S/C22H25N3/c1-23-20-9-7-18-10-15(6-8-19(18)20)13-25-14-24-21-11-16-4-2-3-5-17(16)12-22(21)25/h6,8,10-12,14,20,23H,2-5,7,9,13H2,1H3/t20-/m0/s1. The maximum atomic E-state index is 4.67. The Balaban J connectivity index is 1.48. The van der Waals surface area contributed by atoms with E-state index in [4.69, 9.17) is 0 Å². The molecule has 1 atom stereocenters. The third-order valence-corrected chi connectivity index (χ3v) is 6.07. The largest absolute Gasteiger partial charge is 0.326 e. The smallest absolute Gasteiger partial charge is 0.0961 e.